The molecule has 0 spiro atoms. The quantitative estimate of drug-likeness (QED) is 0.689. The minimum Gasteiger partial charge on any atom is -0.373 e. The molecule has 0 amide bonds. The molecule has 0 saturated carbocycles. The van der Waals surface area contributed by atoms with Crippen LogP contribution in [0.1, 0.15) is 40.0 Å². The molecule has 3 unspecified atom stereocenters. The molecule has 15 heavy (non-hydrogen) atoms. The van der Waals surface area contributed by atoms with E-state index >= 15 is 0 Å². The van der Waals surface area contributed by atoms with Gasteiger partial charge in [0.1, 0.15) is 0 Å². The predicted molar refractivity (Wildman–Crippen MR) is 62.1 cm³/mol. The van der Waals surface area contributed by atoms with Crippen LogP contribution in [0.4, 0.5) is 0 Å². The zero-order valence-electron chi connectivity index (χ0n) is 10.2. The lowest BCUT2D eigenvalue weighted by Gasteiger charge is -2.23. The van der Waals surface area contributed by atoms with Gasteiger partial charge in [0, 0.05) is 24.7 Å². The van der Waals surface area contributed by atoms with Gasteiger partial charge in [0.25, 0.3) is 0 Å². The van der Waals surface area contributed by atoms with E-state index in [9.17, 15) is 0 Å². The number of hydrogen-bond acceptors (Lipinski definition) is 3. The van der Waals surface area contributed by atoms with Crippen molar-refractivity contribution >= 4 is 0 Å². The van der Waals surface area contributed by atoms with Crippen molar-refractivity contribution in [2.24, 2.45) is 0 Å². The normalized spacial score (nSPS) is 35.0. The first-order valence-electron chi connectivity index (χ1n) is 6.18. The molecule has 0 aromatic rings. The van der Waals surface area contributed by atoms with Gasteiger partial charge in [-0.15, -0.1) is 0 Å². The zero-order valence-corrected chi connectivity index (χ0v) is 10.2. The van der Waals surface area contributed by atoms with E-state index in [4.69, 9.17) is 4.74 Å². The number of nitrogens with one attached hydrogen (secondary N) is 2. The number of rotatable bonds is 4. The van der Waals surface area contributed by atoms with Gasteiger partial charge >= 0.3 is 0 Å². The Bertz CT molecular complexity index is 212. The van der Waals surface area contributed by atoms with Gasteiger partial charge in [-0.1, -0.05) is 0 Å². The van der Waals surface area contributed by atoms with Crippen LogP contribution in [0.3, 0.4) is 0 Å². The van der Waals surface area contributed by atoms with Crippen LogP contribution in [0.5, 0.6) is 0 Å². The summed E-state index contributed by atoms with van der Waals surface area (Å²) in [4.78, 5) is 0. The van der Waals surface area contributed by atoms with Crippen molar-refractivity contribution < 1.29 is 4.74 Å². The van der Waals surface area contributed by atoms with E-state index in [1.807, 2.05) is 0 Å². The third-order valence-electron chi connectivity index (χ3n) is 3.29. The highest BCUT2D eigenvalue weighted by atomic mass is 16.5. The maximum atomic E-state index is 5.80. The highest BCUT2D eigenvalue weighted by Gasteiger charge is 2.40. The van der Waals surface area contributed by atoms with Crippen LogP contribution in [0.15, 0.2) is 0 Å². The van der Waals surface area contributed by atoms with Crippen LogP contribution in [0.2, 0.25) is 0 Å². The largest absolute Gasteiger partial charge is 0.373 e. The summed E-state index contributed by atoms with van der Waals surface area (Å²) in [5, 5.41) is 7.08. The van der Waals surface area contributed by atoms with Crippen LogP contribution in [0, 0.1) is 0 Å². The van der Waals surface area contributed by atoms with Crippen LogP contribution in [-0.4, -0.2) is 36.9 Å². The Morgan fingerprint density at radius 2 is 2.00 bits per heavy atom. The summed E-state index contributed by atoms with van der Waals surface area (Å²) in [5.41, 5.74) is 0.229. The summed E-state index contributed by atoms with van der Waals surface area (Å²) in [7, 11) is 0. The predicted octanol–water partition coefficient (Wildman–Crippen LogP) is 1.28. The molecule has 2 rings (SSSR count). The molecule has 2 aliphatic heterocycles. The fourth-order valence-corrected chi connectivity index (χ4v) is 2.55. The minimum atomic E-state index is 0.229. The Balaban J connectivity index is 1.59. The molecule has 3 nitrogen and oxygen atoms in total. The lowest BCUT2D eigenvalue weighted by molar-refractivity contribution is 0.0974. The molecule has 0 radical (unpaired) electrons. The molecule has 2 fully saturated rings. The summed E-state index contributed by atoms with van der Waals surface area (Å²) in [5.74, 6) is 0. The molecule has 88 valence electrons. The third-order valence-corrected chi connectivity index (χ3v) is 3.29. The maximum absolute atomic E-state index is 5.80. The summed E-state index contributed by atoms with van der Waals surface area (Å²) < 4.78 is 5.80. The summed E-state index contributed by atoms with van der Waals surface area (Å²) in [6, 6.07) is 0.616. The first-order valence-corrected chi connectivity index (χ1v) is 6.18. The van der Waals surface area contributed by atoms with Crippen molar-refractivity contribution in [3.63, 3.8) is 0 Å². The standard InChI is InChI=1S/C12H24N2O/c1-12(2,3)14-7-6-13-10-8-9-4-5-11(10)15-9/h9-11,13-14H,4-8H2,1-3H3. The molecule has 0 aromatic carbocycles. The second kappa shape index (κ2) is 4.40. The Morgan fingerprint density at radius 3 is 2.53 bits per heavy atom. The Morgan fingerprint density at radius 1 is 1.20 bits per heavy atom. The molecule has 2 N–H and O–H groups in total. The van der Waals surface area contributed by atoms with Crippen molar-refractivity contribution in [2.75, 3.05) is 13.1 Å². The van der Waals surface area contributed by atoms with Gasteiger partial charge in [-0.3, -0.25) is 0 Å². The fraction of sp³-hybridized carbons (Fsp3) is 1.00. The lowest BCUT2D eigenvalue weighted by atomic mass is 9.95. The van der Waals surface area contributed by atoms with Crippen LogP contribution < -0.4 is 10.6 Å². The van der Waals surface area contributed by atoms with Gasteiger partial charge in [0.05, 0.1) is 12.2 Å². The topological polar surface area (TPSA) is 33.3 Å². The Labute approximate surface area is 93.0 Å². The van der Waals surface area contributed by atoms with E-state index < -0.39 is 0 Å². The second-order valence-corrected chi connectivity index (χ2v) is 5.85. The fourth-order valence-electron chi connectivity index (χ4n) is 2.55. The second-order valence-electron chi connectivity index (χ2n) is 5.85. The number of hydrogen-bond donors (Lipinski definition) is 2. The van der Waals surface area contributed by atoms with Crippen molar-refractivity contribution in [1.82, 2.24) is 10.6 Å². The maximum Gasteiger partial charge on any atom is 0.0733 e. The lowest BCUT2D eigenvalue weighted by Crippen LogP contribution is -2.44. The Hall–Kier alpha value is -0.120. The van der Waals surface area contributed by atoms with Crippen molar-refractivity contribution in [1.29, 1.82) is 0 Å². The summed E-state index contributed by atoms with van der Waals surface area (Å²) in [6.45, 7) is 8.70. The van der Waals surface area contributed by atoms with Gasteiger partial charge in [0.15, 0.2) is 0 Å². The summed E-state index contributed by atoms with van der Waals surface area (Å²) >= 11 is 0. The minimum absolute atomic E-state index is 0.229. The molecule has 0 aliphatic carbocycles. The van der Waals surface area contributed by atoms with Crippen molar-refractivity contribution in [2.45, 2.75) is 63.8 Å². The van der Waals surface area contributed by atoms with E-state index in [1.54, 1.807) is 0 Å². The Kier molecular flexibility index (Phi) is 3.33. The first kappa shape index (κ1) is 11.4. The van der Waals surface area contributed by atoms with Crippen LogP contribution in [-0.2, 0) is 4.74 Å². The molecule has 2 heterocycles. The summed E-state index contributed by atoms with van der Waals surface area (Å²) in [6.07, 6.45) is 4.82. The van der Waals surface area contributed by atoms with E-state index in [0.717, 1.165) is 13.1 Å². The molecule has 3 heteroatoms. The molecular formula is C12H24N2O. The molecule has 2 bridgehead atoms. The average molecular weight is 212 g/mol. The molecule has 0 aromatic heterocycles. The van der Waals surface area contributed by atoms with E-state index in [-0.39, 0.29) is 5.54 Å². The zero-order chi connectivity index (χ0) is 10.9. The SMILES string of the molecule is CC(C)(C)NCCNC1CC2CCC1O2. The average Bonchev–Trinajstić information content (AvgIpc) is 2.71. The van der Waals surface area contributed by atoms with Gasteiger partial charge < -0.3 is 15.4 Å². The van der Waals surface area contributed by atoms with E-state index in [0.29, 0.717) is 18.2 Å². The third kappa shape index (κ3) is 3.16. The van der Waals surface area contributed by atoms with Crippen LogP contribution >= 0.6 is 0 Å². The van der Waals surface area contributed by atoms with Crippen molar-refractivity contribution in [3.05, 3.63) is 0 Å². The number of fused-ring (bicyclic) bond motifs is 2. The molecule has 2 saturated heterocycles. The van der Waals surface area contributed by atoms with Gasteiger partial charge in [-0.25, -0.2) is 0 Å². The van der Waals surface area contributed by atoms with Gasteiger partial charge in [-0.2, -0.15) is 0 Å². The van der Waals surface area contributed by atoms with Crippen molar-refractivity contribution in [3.8, 4) is 0 Å². The molecule has 2 aliphatic rings. The van der Waals surface area contributed by atoms with Gasteiger partial charge in [0.2, 0.25) is 0 Å². The highest BCUT2D eigenvalue weighted by Crippen LogP contribution is 2.34. The molecular weight excluding hydrogens is 188 g/mol. The monoisotopic (exact) mass is 212 g/mol. The highest BCUT2D eigenvalue weighted by molar-refractivity contribution is 4.93. The van der Waals surface area contributed by atoms with E-state index in [1.165, 1.54) is 19.3 Å². The van der Waals surface area contributed by atoms with E-state index in [2.05, 4.69) is 31.4 Å². The first-order chi connectivity index (χ1) is 7.04. The molecule has 3 atom stereocenters. The number of ether oxygens (including phenoxy) is 1. The van der Waals surface area contributed by atoms with Crippen LogP contribution in [0.25, 0.3) is 0 Å². The van der Waals surface area contributed by atoms with Gasteiger partial charge in [-0.05, 0) is 40.0 Å². The smallest absolute Gasteiger partial charge is 0.0733 e.